The van der Waals surface area contributed by atoms with Crippen LogP contribution < -0.4 is 19.9 Å². The predicted octanol–water partition coefficient (Wildman–Crippen LogP) is 6.73. The zero-order valence-corrected chi connectivity index (χ0v) is 25.5. The second kappa shape index (κ2) is 13.4. The summed E-state index contributed by atoms with van der Waals surface area (Å²) in [5, 5.41) is 7.52. The highest BCUT2D eigenvalue weighted by Gasteiger charge is 2.32. The summed E-state index contributed by atoms with van der Waals surface area (Å²) in [7, 11) is 1.80. The van der Waals surface area contributed by atoms with Gasteiger partial charge in [-0.15, -0.1) is 18.3 Å². The van der Waals surface area contributed by atoms with Crippen LogP contribution >= 0.6 is 11.8 Å². The van der Waals surface area contributed by atoms with Gasteiger partial charge in [0.05, 0.1) is 17.1 Å². The maximum absolute atomic E-state index is 12.8. The number of amidine groups is 1. The number of halogens is 3. The first-order chi connectivity index (χ1) is 21.5. The van der Waals surface area contributed by atoms with Crippen molar-refractivity contribution in [2.24, 2.45) is 4.99 Å². The molecule has 1 saturated heterocycles. The molecule has 1 aliphatic heterocycles. The monoisotopic (exact) mass is 637 g/mol. The zero-order chi connectivity index (χ0) is 32.1. The van der Waals surface area contributed by atoms with Crippen LogP contribution in [-0.4, -0.2) is 51.0 Å². The topological polar surface area (TPSA) is 105 Å². The molecule has 3 aromatic carbocycles. The number of carbonyl (C=O) groups is 2. The largest absolute Gasteiger partial charge is 0.573 e. The summed E-state index contributed by atoms with van der Waals surface area (Å²) >= 11 is 1.23. The molecule has 1 fully saturated rings. The number of alkyl halides is 3. The molecule has 1 N–H and O–H groups in total. The standard InChI is InChI=1S/C31H30F3N7O3S/c1-4-5-22-9-6-20(2)16-26(22)41-27(42)18-45-30(41)37-29(43)36-23-10-7-21(8-11-23)17-39(3)28-35-19-40(38-28)24-12-14-25(15-13-24)44-31(32,33)34/h6-16,19H,4-5,17-18H2,1-3H3,(H,36,43)/b37-30-. The molecular formula is C31H30F3N7O3S. The van der Waals surface area contributed by atoms with Crippen LogP contribution in [0.2, 0.25) is 0 Å². The highest BCUT2D eigenvalue weighted by atomic mass is 32.2. The number of aryl methyl sites for hydroxylation is 2. The van der Waals surface area contributed by atoms with Crippen LogP contribution in [-0.2, 0) is 17.8 Å². The second-order valence-electron chi connectivity index (χ2n) is 10.3. The maximum Gasteiger partial charge on any atom is 0.573 e. The summed E-state index contributed by atoms with van der Waals surface area (Å²) < 4.78 is 42.6. The van der Waals surface area contributed by atoms with Gasteiger partial charge in [0.2, 0.25) is 11.9 Å². The molecule has 5 rings (SSSR count). The lowest BCUT2D eigenvalue weighted by Gasteiger charge is -2.20. The molecule has 0 saturated carbocycles. The van der Waals surface area contributed by atoms with Crippen LogP contribution in [0.15, 0.2) is 78.0 Å². The van der Waals surface area contributed by atoms with Crippen molar-refractivity contribution in [3.63, 3.8) is 0 Å². The number of nitrogens with one attached hydrogen (secondary N) is 1. The Morgan fingerprint density at radius 2 is 1.84 bits per heavy atom. The SMILES string of the molecule is CCCc1ccc(C)cc1N1C(=O)CS/C1=N\C(=O)Nc1ccc(CN(C)c2ncn(-c3ccc(OC(F)(F)F)cc3)n2)cc1. The molecule has 0 aliphatic carbocycles. The number of hydrogen-bond acceptors (Lipinski definition) is 7. The third kappa shape index (κ3) is 8.01. The molecular weight excluding hydrogens is 607 g/mol. The van der Waals surface area contributed by atoms with Crippen molar-refractivity contribution in [2.75, 3.05) is 27.9 Å². The third-order valence-corrected chi connectivity index (χ3v) is 7.67. The smallest absolute Gasteiger partial charge is 0.406 e. The van der Waals surface area contributed by atoms with Gasteiger partial charge in [-0.25, -0.2) is 9.48 Å². The molecule has 0 bridgehead atoms. The molecule has 10 nitrogen and oxygen atoms in total. The molecule has 0 unspecified atom stereocenters. The van der Waals surface area contributed by atoms with E-state index in [1.807, 2.05) is 37.3 Å². The lowest BCUT2D eigenvalue weighted by molar-refractivity contribution is -0.274. The summed E-state index contributed by atoms with van der Waals surface area (Å²) in [6.45, 7) is 4.49. The number of rotatable bonds is 9. The van der Waals surface area contributed by atoms with E-state index in [9.17, 15) is 22.8 Å². The van der Waals surface area contributed by atoms with Gasteiger partial charge >= 0.3 is 12.4 Å². The summed E-state index contributed by atoms with van der Waals surface area (Å²) in [6, 6.07) is 17.9. The molecule has 1 aromatic heterocycles. The van der Waals surface area contributed by atoms with Gasteiger partial charge in [0, 0.05) is 19.3 Å². The van der Waals surface area contributed by atoms with Crippen molar-refractivity contribution in [2.45, 2.75) is 39.6 Å². The Bertz CT molecular complexity index is 1710. The minimum Gasteiger partial charge on any atom is -0.406 e. The molecule has 14 heteroatoms. The fourth-order valence-corrected chi connectivity index (χ4v) is 5.53. The first-order valence-corrected chi connectivity index (χ1v) is 15.0. The Hall–Kier alpha value is -4.85. The van der Waals surface area contributed by atoms with E-state index in [1.54, 1.807) is 24.1 Å². The number of hydrogen-bond donors (Lipinski definition) is 1. The molecule has 234 valence electrons. The average molecular weight is 638 g/mol. The van der Waals surface area contributed by atoms with Gasteiger partial charge in [-0.2, -0.15) is 9.98 Å². The van der Waals surface area contributed by atoms with Crippen LogP contribution in [0.5, 0.6) is 5.75 Å². The minimum absolute atomic E-state index is 0.115. The highest BCUT2D eigenvalue weighted by molar-refractivity contribution is 8.15. The van der Waals surface area contributed by atoms with Crippen LogP contribution in [0.25, 0.3) is 5.69 Å². The molecule has 0 radical (unpaired) electrons. The van der Waals surface area contributed by atoms with Crippen molar-refractivity contribution < 1.29 is 27.5 Å². The summed E-state index contributed by atoms with van der Waals surface area (Å²) in [5.41, 5.74) is 4.78. The van der Waals surface area contributed by atoms with Gasteiger partial charge in [-0.05, 0) is 72.5 Å². The molecule has 0 spiro atoms. The number of amides is 3. The van der Waals surface area contributed by atoms with Crippen molar-refractivity contribution in [3.8, 4) is 11.4 Å². The summed E-state index contributed by atoms with van der Waals surface area (Å²) in [4.78, 5) is 37.5. The van der Waals surface area contributed by atoms with E-state index < -0.39 is 12.4 Å². The number of benzene rings is 3. The van der Waals surface area contributed by atoms with E-state index in [2.05, 4.69) is 32.1 Å². The van der Waals surface area contributed by atoms with E-state index in [1.165, 1.54) is 51.9 Å². The average Bonchev–Trinajstić information content (AvgIpc) is 3.62. The Balaban J connectivity index is 1.20. The minimum atomic E-state index is -4.76. The number of thioether (sulfide) groups is 1. The molecule has 45 heavy (non-hydrogen) atoms. The first kappa shape index (κ1) is 31.6. The van der Waals surface area contributed by atoms with Crippen LogP contribution in [0.4, 0.5) is 35.3 Å². The number of ether oxygens (including phenoxy) is 1. The summed E-state index contributed by atoms with van der Waals surface area (Å²) in [6.07, 6.45) is -1.57. The van der Waals surface area contributed by atoms with E-state index in [4.69, 9.17) is 0 Å². The number of urea groups is 1. The van der Waals surface area contributed by atoms with Crippen molar-refractivity contribution in [3.05, 3.63) is 89.7 Å². The fraction of sp³-hybridized carbons (Fsp3) is 0.258. The van der Waals surface area contributed by atoms with Crippen LogP contribution in [0.1, 0.15) is 30.0 Å². The van der Waals surface area contributed by atoms with Gasteiger partial charge in [-0.3, -0.25) is 9.69 Å². The Morgan fingerprint density at radius 3 is 2.53 bits per heavy atom. The van der Waals surface area contributed by atoms with Gasteiger partial charge in [0.25, 0.3) is 0 Å². The number of aromatic nitrogens is 3. The van der Waals surface area contributed by atoms with Gasteiger partial charge < -0.3 is 15.0 Å². The molecule has 1 aliphatic rings. The number of carbonyl (C=O) groups excluding carboxylic acids is 2. The molecule has 0 atom stereocenters. The van der Waals surface area contributed by atoms with E-state index >= 15 is 0 Å². The van der Waals surface area contributed by atoms with Crippen LogP contribution in [0, 0.1) is 6.92 Å². The van der Waals surface area contributed by atoms with Crippen molar-refractivity contribution in [1.29, 1.82) is 0 Å². The first-order valence-electron chi connectivity index (χ1n) is 14.0. The Morgan fingerprint density at radius 1 is 1.11 bits per heavy atom. The quantitative estimate of drug-likeness (QED) is 0.217. The number of aliphatic imine (C=N–C) groups is 1. The molecule has 4 aromatic rings. The predicted molar refractivity (Wildman–Crippen MR) is 168 cm³/mol. The summed E-state index contributed by atoms with van der Waals surface area (Å²) in [5.74, 6) is 0.177. The van der Waals surface area contributed by atoms with E-state index in [0.717, 1.165) is 35.2 Å². The van der Waals surface area contributed by atoms with E-state index in [-0.39, 0.29) is 17.4 Å². The zero-order valence-electron chi connectivity index (χ0n) is 24.7. The lowest BCUT2D eigenvalue weighted by atomic mass is 10.0. The van der Waals surface area contributed by atoms with Crippen molar-refractivity contribution >= 4 is 46.2 Å². The Labute approximate surface area is 261 Å². The molecule has 2 heterocycles. The lowest BCUT2D eigenvalue weighted by Crippen LogP contribution is -2.31. The van der Waals surface area contributed by atoms with Crippen LogP contribution in [0.3, 0.4) is 0 Å². The molecule has 3 amide bonds. The second-order valence-corrected chi connectivity index (χ2v) is 11.3. The number of anilines is 3. The maximum atomic E-state index is 12.8. The fourth-order valence-electron chi connectivity index (χ4n) is 4.68. The van der Waals surface area contributed by atoms with Gasteiger partial charge in [0.1, 0.15) is 12.1 Å². The van der Waals surface area contributed by atoms with E-state index in [0.29, 0.717) is 29.0 Å². The third-order valence-electron chi connectivity index (χ3n) is 6.74. The Kier molecular flexibility index (Phi) is 9.42. The highest BCUT2D eigenvalue weighted by Crippen LogP contribution is 2.31. The number of nitrogens with zero attached hydrogens (tertiary/aromatic N) is 6. The van der Waals surface area contributed by atoms with Gasteiger partial charge in [0.15, 0.2) is 5.17 Å². The normalized spacial score (nSPS) is 14.2. The van der Waals surface area contributed by atoms with Gasteiger partial charge in [-0.1, -0.05) is 49.4 Å². The van der Waals surface area contributed by atoms with Crippen molar-refractivity contribution in [1.82, 2.24) is 14.8 Å².